The highest BCUT2D eigenvalue weighted by atomic mass is 19.1. The van der Waals surface area contributed by atoms with E-state index in [1.807, 2.05) is 18.2 Å². The maximum absolute atomic E-state index is 14.1. The van der Waals surface area contributed by atoms with Gasteiger partial charge in [-0.25, -0.2) is 9.37 Å². The van der Waals surface area contributed by atoms with Crippen molar-refractivity contribution < 1.29 is 9.13 Å². The molecule has 0 saturated heterocycles. The first-order valence-electron chi connectivity index (χ1n) is 10.4. The van der Waals surface area contributed by atoms with E-state index in [-0.39, 0.29) is 11.8 Å². The van der Waals surface area contributed by atoms with Gasteiger partial charge in [-0.2, -0.15) is 4.98 Å². The molecule has 0 spiro atoms. The SMILES string of the molecule is CCCCNc1nc(N)nc2c3cc(F)ccc3n(Cc3cc(CN)ccc3OC)c12. The third kappa shape index (κ3) is 3.98. The van der Waals surface area contributed by atoms with Crippen molar-refractivity contribution in [1.82, 2.24) is 14.5 Å². The number of nitrogens with one attached hydrogen (secondary N) is 1. The number of nitrogens with zero attached hydrogens (tertiary/aromatic N) is 3. The summed E-state index contributed by atoms with van der Waals surface area (Å²) in [6.07, 6.45) is 2.04. The maximum Gasteiger partial charge on any atom is 0.222 e. The second kappa shape index (κ2) is 8.77. The summed E-state index contributed by atoms with van der Waals surface area (Å²) in [7, 11) is 1.64. The van der Waals surface area contributed by atoms with Gasteiger partial charge in [0.1, 0.15) is 22.6 Å². The minimum atomic E-state index is -0.327. The van der Waals surface area contributed by atoms with Crippen LogP contribution in [0, 0.1) is 5.82 Å². The second-order valence-corrected chi connectivity index (χ2v) is 7.51. The van der Waals surface area contributed by atoms with Gasteiger partial charge in [0, 0.05) is 24.0 Å². The van der Waals surface area contributed by atoms with E-state index in [0.717, 1.165) is 47.3 Å². The zero-order chi connectivity index (χ0) is 22.0. The van der Waals surface area contributed by atoms with Crippen LogP contribution >= 0.6 is 0 Å². The summed E-state index contributed by atoms with van der Waals surface area (Å²) in [6, 6.07) is 10.6. The van der Waals surface area contributed by atoms with Crippen LogP contribution in [0.3, 0.4) is 0 Å². The first kappa shape index (κ1) is 20.9. The Kier molecular flexibility index (Phi) is 5.90. The van der Waals surface area contributed by atoms with Crippen molar-refractivity contribution in [3.63, 3.8) is 0 Å². The van der Waals surface area contributed by atoms with Gasteiger partial charge < -0.3 is 26.1 Å². The average Bonchev–Trinajstić information content (AvgIpc) is 3.06. The van der Waals surface area contributed by atoms with Gasteiger partial charge in [0.05, 0.1) is 19.2 Å². The van der Waals surface area contributed by atoms with Gasteiger partial charge in [0.25, 0.3) is 0 Å². The molecule has 8 heteroatoms. The Bertz CT molecular complexity index is 1240. The fourth-order valence-corrected chi connectivity index (χ4v) is 3.89. The number of methoxy groups -OCH3 is 1. The molecule has 0 unspecified atom stereocenters. The molecule has 0 fully saturated rings. The zero-order valence-corrected chi connectivity index (χ0v) is 17.8. The largest absolute Gasteiger partial charge is 0.496 e. The van der Waals surface area contributed by atoms with E-state index in [0.29, 0.717) is 29.8 Å². The predicted molar refractivity (Wildman–Crippen MR) is 123 cm³/mol. The van der Waals surface area contributed by atoms with E-state index in [1.165, 1.54) is 12.1 Å². The number of unbranched alkanes of at least 4 members (excludes halogenated alkanes) is 1. The van der Waals surface area contributed by atoms with Crippen LogP contribution in [-0.2, 0) is 13.1 Å². The Hall–Kier alpha value is -3.39. The standard InChI is InChI=1S/C23H27FN6O/c1-3-4-9-27-22-21-20(28-23(26)29-22)17-11-16(24)6-7-18(17)30(21)13-15-10-14(12-25)5-8-19(15)31-2/h5-8,10-11H,3-4,9,12-13,25H2,1-2H3,(H3,26,27,28,29). The van der Waals surface area contributed by atoms with Gasteiger partial charge in [-0.1, -0.05) is 19.4 Å². The van der Waals surface area contributed by atoms with Crippen LogP contribution in [0.4, 0.5) is 16.2 Å². The summed E-state index contributed by atoms with van der Waals surface area (Å²) in [5.74, 6) is 1.22. The molecule has 0 bridgehead atoms. The summed E-state index contributed by atoms with van der Waals surface area (Å²) >= 11 is 0. The average molecular weight is 423 g/mol. The van der Waals surface area contributed by atoms with Crippen molar-refractivity contribution in [1.29, 1.82) is 0 Å². The first-order valence-corrected chi connectivity index (χ1v) is 10.4. The summed E-state index contributed by atoms with van der Waals surface area (Å²) in [5.41, 5.74) is 16.1. The highest BCUT2D eigenvalue weighted by Crippen LogP contribution is 2.34. The lowest BCUT2D eigenvalue weighted by molar-refractivity contribution is 0.408. The van der Waals surface area contributed by atoms with Crippen LogP contribution in [0.15, 0.2) is 36.4 Å². The molecule has 0 amide bonds. The monoisotopic (exact) mass is 422 g/mol. The van der Waals surface area contributed by atoms with Gasteiger partial charge in [-0.05, 0) is 42.3 Å². The van der Waals surface area contributed by atoms with Crippen LogP contribution in [-0.4, -0.2) is 28.2 Å². The Morgan fingerprint density at radius 2 is 2.00 bits per heavy atom. The first-order chi connectivity index (χ1) is 15.0. The molecule has 4 rings (SSSR count). The number of halogens is 1. The van der Waals surface area contributed by atoms with Gasteiger partial charge in [-0.15, -0.1) is 0 Å². The van der Waals surface area contributed by atoms with Crippen LogP contribution in [0.2, 0.25) is 0 Å². The van der Waals surface area contributed by atoms with Crippen molar-refractivity contribution in [2.75, 3.05) is 24.7 Å². The summed E-state index contributed by atoms with van der Waals surface area (Å²) in [5, 5.41) is 4.08. The van der Waals surface area contributed by atoms with Crippen LogP contribution < -0.4 is 21.5 Å². The van der Waals surface area contributed by atoms with Crippen molar-refractivity contribution in [2.45, 2.75) is 32.9 Å². The van der Waals surface area contributed by atoms with Crippen LogP contribution in [0.25, 0.3) is 21.9 Å². The van der Waals surface area contributed by atoms with Gasteiger partial charge >= 0.3 is 0 Å². The van der Waals surface area contributed by atoms with E-state index in [4.69, 9.17) is 16.2 Å². The molecule has 7 nitrogen and oxygen atoms in total. The molecule has 2 aromatic heterocycles. The van der Waals surface area contributed by atoms with Gasteiger partial charge in [0.2, 0.25) is 5.95 Å². The number of rotatable bonds is 8. The Morgan fingerprint density at radius 1 is 1.16 bits per heavy atom. The van der Waals surface area contributed by atoms with E-state index < -0.39 is 0 Å². The molecule has 162 valence electrons. The molecular formula is C23H27FN6O. The Balaban J connectivity index is 1.96. The number of benzene rings is 2. The van der Waals surface area contributed by atoms with E-state index in [1.54, 1.807) is 13.2 Å². The normalized spacial score (nSPS) is 11.4. The molecule has 2 aromatic carbocycles. The van der Waals surface area contributed by atoms with Gasteiger partial charge in [-0.3, -0.25) is 0 Å². The fourth-order valence-electron chi connectivity index (χ4n) is 3.89. The van der Waals surface area contributed by atoms with E-state index in [2.05, 4.69) is 26.8 Å². The highest BCUT2D eigenvalue weighted by molar-refractivity contribution is 6.09. The number of hydrogen-bond acceptors (Lipinski definition) is 6. The quantitative estimate of drug-likeness (QED) is 0.370. The predicted octanol–water partition coefficient (Wildman–Crippen LogP) is 4.03. The van der Waals surface area contributed by atoms with Crippen molar-refractivity contribution in [3.8, 4) is 5.75 Å². The lowest BCUT2D eigenvalue weighted by Crippen LogP contribution is -2.10. The number of hydrogen-bond donors (Lipinski definition) is 3. The number of aromatic nitrogens is 3. The zero-order valence-electron chi connectivity index (χ0n) is 17.8. The number of ether oxygens (including phenoxy) is 1. The maximum atomic E-state index is 14.1. The molecule has 2 heterocycles. The summed E-state index contributed by atoms with van der Waals surface area (Å²) in [6.45, 7) is 3.79. The molecular weight excluding hydrogens is 395 g/mol. The van der Waals surface area contributed by atoms with Crippen molar-refractivity contribution in [3.05, 3.63) is 53.3 Å². The highest BCUT2D eigenvalue weighted by Gasteiger charge is 2.19. The fraction of sp³-hybridized carbons (Fsp3) is 0.304. The van der Waals surface area contributed by atoms with Crippen molar-refractivity contribution >= 4 is 33.7 Å². The lowest BCUT2D eigenvalue weighted by Gasteiger charge is -2.15. The second-order valence-electron chi connectivity index (χ2n) is 7.51. The summed E-state index contributed by atoms with van der Waals surface area (Å²) in [4.78, 5) is 8.92. The van der Waals surface area contributed by atoms with Gasteiger partial charge in [0.15, 0.2) is 5.82 Å². The number of fused-ring (bicyclic) bond motifs is 3. The van der Waals surface area contributed by atoms with E-state index in [9.17, 15) is 4.39 Å². The summed E-state index contributed by atoms with van der Waals surface area (Å²) < 4.78 is 21.8. The Labute approximate surface area is 180 Å². The topological polar surface area (TPSA) is 104 Å². The van der Waals surface area contributed by atoms with Crippen LogP contribution in [0.1, 0.15) is 30.9 Å². The lowest BCUT2D eigenvalue weighted by atomic mass is 10.1. The molecule has 0 radical (unpaired) electrons. The third-order valence-electron chi connectivity index (χ3n) is 5.41. The molecule has 31 heavy (non-hydrogen) atoms. The number of nitrogens with two attached hydrogens (primary N) is 2. The van der Waals surface area contributed by atoms with Crippen molar-refractivity contribution in [2.24, 2.45) is 5.73 Å². The molecule has 0 saturated carbocycles. The van der Waals surface area contributed by atoms with E-state index >= 15 is 0 Å². The minimum Gasteiger partial charge on any atom is -0.496 e. The molecule has 0 aliphatic heterocycles. The third-order valence-corrected chi connectivity index (χ3v) is 5.41. The number of nitrogen functional groups attached to an aromatic ring is 1. The molecule has 5 N–H and O–H groups in total. The van der Waals surface area contributed by atoms with Crippen LogP contribution in [0.5, 0.6) is 5.75 Å². The smallest absolute Gasteiger partial charge is 0.222 e. The molecule has 0 aliphatic carbocycles. The number of anilines is 2. The Morgan fingerprint density at radius 3 is 2.74 bits per heavy atom. The molecule has 0 atom stereocenters. The molecule has 0 aliphatic rings. The minimum absolute atomic E-state index is 0.150. The molecule has 4 aromatic rings.